The molecule has 0 bridgehead atoms. The van der Waals surface area contributed by atoms with Crippen LogP contribution in [0.15, 0.2) is 53.6 Å². The Labute approximate surface area is 140 Å². The molecule has 11 nitrogen and oxygen atoms in total. The number of nitriles is 1. The van der Waals surface area contributed by atoms with Crippen molar-refractivity contribution in [2.45, 2.75) is 0 Å². The lowest BCUT2D eigenvalue weighted by Crippen LogP contribution is -2.44. The fourth-order valence-electron chi connectivity index (χ4n) is 2.13. The second-order valence-corrected chi connectivity index (χ2v) is 4.82. The number of nitro groups is 2. The molecule has 0 aromatic heterocycles. The molecule has 0 unspecified atom stereocenters. The van der Waals surface area contributed by atoms with Crippen LogP contribution in [0.4, 0.5) is 22.7 Å². The van der Waals surface area contributed by atoms with Crippen molar-refractivity contribution in [3.8, 4) is 6.07 Å². The number of nitro benzene ring substituents is 2. The Hall–Kier alpha value is -4.20. The van der Waals surface area contributed by atoms with E-state index in [1.807, 2.05) is 6.07 Å². The molecule has 1 heterocycles. The number of amidine groups is 1. The van der Waals surface area contributed by atoms with E-state index >= 15 is 0 Å². The molecule has 1 aliphatic heterocycles. The summed E-state index contributed by atoms with van der Waals surface area (Å²) >= 11 is 0. The van der Waals surface area contributed by atoms with Crippen LogP contribution in [0.1, 0.15) is 0 Å². The van der Waals surface area contributed by atoms with Crippen molar-refractivity contribution >= 4 is 28.6 Å². The van der Waals surface area contributed by atoms with E-state index in [1.165, 1.54) is 58.8 Å². The molecule has 0 fully saturated rings. The maximum absolute atomic E-state index is 10.7. The summed E-state index contributed by atoms with van der Waals surface area (Å²) in [4.78, 5) is 20.5. The highest BCUT2D eigenvalue weighted by Crippen LogP contribution is 2.27. The van der Waals surface area contributed by atoms with Crippen molar-refractivity contribution in [2.24, 2.45) is 5.10 Å². The van der Waals surface area contributed by atoms with Gasteiger partial charge in [0.2, 0.25) is 5.84 Å². The van der Waals surface area contributed by atoms with E-state index in [0.717, 1.165) is 0 Å². The minimum atomic E-state index is -0.524. The first-order valence-electron chi connectivity index (χ1n) is 6.84. The lowest BCUT2D eigenvalue weighted by atomic mass is 10.3. The van der Waals surface area contributed by atoms with Crippen LogP contribution in [0.25, 0.3) is 0 Å². The lowest BCUT2D eigenvalue weighted by Gasteiger charge is -2.27. The zero-order valence-corrected chi connectivity index (χ0v) is 12.4. The highest BCUT2D eigenvalue weighted by molar-refractivity contribution is 6.00. The number of rotatable bonds is 4. The summed E-state index contributed by atoms with van der Waals surface area (Å²) in [5, 5.41) is 37.3. The third-order valence-corrected chi connectivity index (χ3v) is 3.30. The lowest BCUT2D eigenvalue weighted by molar-refractivity contribution is -0.385. The molecule has 124 valence electrons. The molecule has 11 heteroatoms. The summed E-state index contributed by atoms with van der Waals surface area (Å²) in [6.45, 7) is 0. The van der Waals surface area contributed by atoms with Gasteiger partial charge in [-0.2, -0.15) is 15.5 Å². The van der Waals surface area contributed by atoms with Gasteiger partial charge in [-0.1, -0.05) is 0 Å². The number of non-ortho nitro benzene ring substituents is 2. The van der Waals surface area contributed by atoms with Crippen LogP contribution in [0.3, 0.4) is 0 Å². The van der Waals surface area contributed by atoms with Gasteiger partial charge in [-0.25, -0.2) is 0 Å². The molecule has 1 aliphatic rings. The van der Waals surface area contributed by atoms with Crippen molar-refractivity contribution in [3.05, 3.63) is 68.8 Å². The second-order valence-electron chi connectivity index (χ2n) is 4.82. The van der Waals surface area contributed by atoms with E-state index in [4.69, 9.17) is 5.26 Å². The topological polar surface area (TPSA) is 141 Å². The van der Waals surface area contributed by atoms with Crippen molar-refractivity contribution in [2.75, 3.05) is 10.2 Å². The smallest absolute Gasteiger partial charge is 0.258 e. The molecule has 0 atom stereocenters. The molecule has 0 radical (unpaired) electrons. The molecule has 0 spiro atoms. The van der Waals surface area contributed by atoms with Gasteiger partial charge in [0.1, 0.15) is 6.07 Å². The summed E-state index contributed by atoms with van der Waals surface area (Å²) in [7, 11) is 0. The largest absolute Gasteiger partial charge is 0.269 e. The Bertz CT molecular complexity index is 902. The number of benzene rings is 2. The van der Waals surface area contributed by atoms with Crippen LogP contribution in [-0.4, -0.2) is 15.7 Å². The molecular formula is C14H9N7O4. The summed E-state index contributed by atoms with van der Waals surface area (Å²) in [6.07, 6.45) is 0. The number of anilines is 2. The molecule has 1 N–H and O–H groups in total. The first kappa shape index (κ1) is 15.7. The SMILES string of the molecule is N#CC1=NN(c2ccc([N+](=O)[O-])cc2)N(c2ccc([N+](=O)[O-])cc2)N1. The Morgan fingerprint density at radius 3 is 1.84 bits per heavy atom. The van der Waals surface area contributed by atoms with Gasteiger partial charge in [-0.3, -0.25) is 25.7 Å². The van der Waals surface area contributed by atoms with E-state index in [0.29, 0.717) is 11.4 Å². The normalized spacial score (nSPS) is 13.0. The van der Waals surface area contributed by atoms with Crippen LogP contribution in [0.5, 0.6) is 0 Å². The van der Waals surface area contributed by atoms with Gasteiger partial charge in [-0.15, -0.1) is 5.10 Å². The van der Waals surface area contributed by atoms with Crippen molar-refractivity contribution in [3.63, 3.8) is 0 Å². The predicted octanol–water partition coefficient (Wildman–Crippen LogP) is 2.09. The number of nitrogens with one attached hydrogen (secondary N) is 1. The number of hydrazine groups is 2. The summed E-state index contributed by atoms with van der Waals surface area (Å²) in [5.41, 5.74) is 3.52. The average Bonchev–Trinajstić information content (AvgIpc) is 3.06. The molecule has 2 aromatic carbocycles. The van der Waals surface area contributed by atoms with Gasteiger partial charge >= 0.3 is 0 Å². The highest BCUT2D eigenvalue weighted by atomic mass is 16.6. The minimum absolute atomic E-state index is 0.00305. The molecule has 0 aliphatic carbocycles. The molecule has 0 amide bonds. The van der Waals surface area contributed by atoms with Crippen LogP contribution < -0.4 is 15.7 Å². The molecule has 3 rings (SSSR count). The van der Waals surface area contributed by atoms with E-state index in [-0.39, 0.29) is 17.2 Å². The summed E-state index contributed by atoms with van der Waals surface area (Å²) in [6, 6.07) is 13.0. The van der Waals surface area contributed by atoms with Crippen LogP contribution >= 0.6 is 0 Å². The average molecular weight is 339 g/mol. The van der Waals surface area contributed by atoms with E-state index in [9.17, 15) is 20.2 Å². The zero-order valence-electron chi connectivity index (χ0n) is 12.4. The molecule has 25 heavy (non-hydrogen) atoms. The number of nitrogens with zero attached hydrogens (tertiary/aromatic N) is 6. The molecular weight excluding hydrogens is 330 g/mol. The van der Waals surface area contributed by atoms with E-state index < -0.39 is 9.85 Å². The van der Waals surface area contributed by atoms with Crippen molar-refractivity contribution in [1.82, 2.24) is 5.43 Å². The third-order valence-electron chi connectivity index (χ3n) is 3.30. The van der Waals surface area contributed by atoms with Gasteiger partial charge < -0.3 is 0 Å². The quantitative estimate of drug-likeness (QED) is 0.659. The fraction of sp³-hybridized carbons (Fsp3) is 0. The van der Waals surface area contributed by atoms with Crippen LogP contribution in [0.2, 0.25) is 0 Å². The predicted molar refractivity (Wildman–Crippen MR) is 87.3 cm³/mol. The highest BCUT2D eigenvalue weighted by Gasteiger charge is 2.26. The van der Waals surface area contributed by atoms with Gasteiger partial charge in [-0.05, 0) is 24.3 Å². The molecule has 0 saturated heterocycles. The minimum Gasteiger partial charge on any atom is -0.258 e. The van der Waals surface area contributed by atoms with Gasteiger partial charge in [0.15, 0.2) is 0 Å². The number of hydrogen-bond acceptors (Lipinski definition) is 9. The second kappa shape index (κ2) is 6.13. The first-order chi connectivity index (χ1) is 12.0. The first-order valence-corrected chi connectivity index (χ1v) is 6.84. The van der Waals surface area contributed by atoms with Gasteiger partial charge in [0.25, 0.3) is 11.4 Å². The van der Waals surface area contributed by atoms with Crippen molar-refractivity contribution < 1.29 is 9.85 Å². The van der Waals surface area contributed by atoms with Gasteiger partial charge in [0.05, 0.1) is 21.2 Å². The number of hydrogen-bond donors (Lipinski definition) is 1. The Kier molecular flexibility index (Phi) is 3.84. The maximum atomic E-state index is 10.7. The van der Waals surface area contributed by atoms with Crippen LogP contribution in [0, 0.1) is 31.6 Å². The summed E-state index contributed by atoms with van der Waals surface area (Å²) in [5.74, 6) is -0.00305. The Morgan fingerprint density at radius 1 is 0.920 bits per heavy atom. The Balaban J connectivity index is 1.94. The summed E-state index contributed by atoms with van der Waals surface area (Å²) < 4.78 is 0. The Morgan fingerprint density at radius 2 is 1.40 bits per heavy atom. The molecule has 0 saturated carbocycles. The zero-order chi connectivity index (χ0) is 18.0. The fourth-order valence-corrected chi connectivity index (χ4v) is 2.13. The van der Waals surface area contributed by atoms with Crippen molar-refractivity contribution in [1.29, 1.82) is 5.26 Å². The van der Waals surface area contributed by atoms with Gasteiger partial charge in [0, 0.05) is 24.3 Å². The van der Waals surface area contributed by atoms with E-state index in [1.54, 1.807) is 0 Å². The maximum Gasteiger partial charge on any atom is 0.269 e. The molecule has 2 aromatic rings. The standard InChI is InChI=1S/C14H9N7O4/c15-9-14-16-18(10-1-5-12(6-2-10)20(22)23)19(17-14)11-3-7-13(8-4-11)21(24)25/h1-8H,(H,16,17). The van der Waals surface area contributed by atoms with E-state index in [2.05, 4.69) is 10.5 Å². The monoisotopic (exact) mass is 339 g/mol. The third kappa shape index (κ3) is 2.99. The van der Waals surface area contributed by atoms with Crippen LogP contribution in [-0.2, 0) is 0 Å². The number of hydrazone groups is 1.